The monoisotopic (exact) mass is 360 g/mol. The molecule has 1 fully saturated rings. The summed E-state index contributed by atoms with van der Waals surface area (Å²) in [6, 6.07) is 17.2. The number of aryl methyl sites for hydroxylation is 1. The molecule has 1 saturated heterocycles. The summed E-state index contributed by atoms with van der Waals surface area (Å²) in [5, 5.41) is 11.8. The molecule has 4 heteroatoms. The Bertz CT molecular complexity index is 952. The molecule has 138 valence electrons. The van der Waals surface area contributed by atoms with E-state index in [4.69, 9.17) is 0 Å². The molecule has 0 bridgehead atoms. The normalized spacial score (nSPS) is 19.1. The van der Waals surface area contributed by atoms with Gasteiger partial charge in [-0.15, -0.1) is 0 Å². The Morgan fingerprint density at radius 2 is 1.89 bits per heavy atom. The third-order valence-corrected chi connectivity index (χ3v) is 5.54. The quantitative estimate of drug-likeness (QED) is 0.748. The second kappa shape index (κ2) is 7.49. The zero-order valence-corrected chi connectivity index (χ0v) is 15.5. The molecule has 2 heterocycles. The highest BCUT2D eigenvalue weighted by Gasteiger charge is 2.31. The highest BCUT2D eigenvalue weighted by molar-refractivity contribution is 5.82. The van der Waals surface area contributed by atoms with Crippen molar-refractivity contribution in [2.75, 3.05) is 13.1 Å². The van der Waals surface area contributed by atoms with E-state index in [0.717, 1.165) is 30.2 Å². The minimum absolute atomic E-state index is 0.0605. The molecule has 0 amide bonds. The SMILES string of the molecule is Cc1ccc(C(c2ccc3cnccc3c2)N2CCCC(C(=O)O)C2)cc1. The number of aliphatic carboxylic acids is 1. The molecule has 0 radical (unpaired) electrons. The van der Waals surface area contributed by atoms with Gasteiger partial charge in [-0.3, -0.25) is 14.7 Å². The van der Waals surface area contributed by atoms with Crippen molar-refractivity contribution in [2.45, 2.75) is 25.8 Å². The summed E-state index contributed by atoms with van der Waals surface area (Å²) in [7, 11) is 0. The molecule has 2 aromatic carbocycles. The highest BCUT2D eigenvalue weighted by Crippen LogP contribution is 2.34. The zero-order valence-electron chi connectivity index (χ0n) is 15.5. The smallest absolute Gasteiger partial charge is 0.307 e. The Morgan fingerprint density at radius 1 is 1.11 bits per heavy atom. The minimum atomic E-state index is -0.688. The van der Waals surface area contributed by atoms with Crippen LogP contribution in [0.3, 0.4) is 0 Å². The Kier molecular flexibility index (Phi) is 4.90. The van der Waals surface area contributed by atoms with Crippen LogP contribution in [0.2, 0.25) is 0 Å². The molecule has 3 aromatic rings. The lowest BCUT2D eigenvalue weighted by Crippen LogP contribution is -2.41. The Labute approximate surface area is 159 Å². The van der Waals surface area contributed by atoms with E-state index in [0.29, 0.717) is 6.54 Å². The van der Waals surface area contributed by atoms with Crippen LogP contribution in [-0.4, -0.2) is 34.0 Å². The summed E-state index contributed by atoms with van der Waals surface area (Å²) < 4.78 is 0. The molecule has 27 heavy (non-hydrogen) atoms. The van der Waals surface area contributed by atoms with Gasteiger partial charge in [0, 0.05) is 24.3 Å². The Morgan fingerprint density at radius 3 is 2.67 bits per heavy atom. The summed E-state index contributed by atoms with van der Waals surface area (Å²) in [5.74, 6) is -0.983. The van der Waals surface area contributed by atoms with Gasteiger partial charge in [0.25, 0.3) is 0 Å². The molecular formula is C23H24N2O2. The second-order valence-corrected chi connectivity index (χ2v) is 7.47. The summed E-state index contributed by atoms with van der Waals surface area (Å²) in [4.78, 5) is 18.1. The van der Waals surface area contributed by atoms with E-state index in [-0.39, 0.29) is 12.0 Å². The van der Waals surface area contributed by atoms with Gasteiger partial charge in [-0.2, -0.15) is 0 Å². The van der Waals surface area contributed by atoms with Gasteiger partial charge in [-0.1, -0.05) is 42.0 Å². The molecule has 1 N–H and O–H groups in total. The lowest BCUT2D eigenvalue weighted by molar-refractivity contribution is -0.143. The van der Waals surface area contributed by atoms with Gasteiger partial charge in [0.05, 0.1) is 12.0 Å². The molecule has 4 rings (SSSR count). The van der Waals surface area contributed by atoms with Crippen LogP contribution in [0.1, 0.15) is 35.6 Å². The van der Waals surface area contributed by atoms with Crippen molar-refractivity contribution >= 4 is 16.7 Å². The first kappa shape index (κ1) is 17.7. The van der Waals surface area contributed by atoms with E-state index in [1.807, 2.05) is 18.5 Å². The predicted octanol–water partition coefficient (Wildman–Crippen LogP) is 4.43. The number of benzene rings is 2. The van der Waals surface area contributed by atoms with Crippen molar-refractivity contribution in [2.24, 2.45) is 5.92 Å². The van der Waals surface area contributed by atoms with Crippen molar-refractivity contribution < 1.29 is 9.90 Å². The number of aromatic nitrogens is 1. The molecule has 0 spiro atoms. The standard InChI is InChI=1S/C23H24N2O2/c1-16-4-6-17(7-5-16)22(25-12-2-3-21(15-25)23(26)27)19-8-9-20-14-24-11-10-18(20)13-19/h4-11,13-14,21-22H,2-3,12,15H2,1H3,(H,26,27). The maximum absolute atomic E-state index is 11.6. The van der Waals surface area contributed by atoms with E-state index in [1.54, 1.807) is 0 Å². The van der Waals surface area contributed by atoms with Gasteiger partial charge in [0.15, 0.2) is 0 Å². The number of likely N-dealkylation sites (tertiary alicyclic amines) is 1. The van der Waals surface area contributed by atoms with Gasteiger partial charge >= 0.3 is 5.97 Å². The van der Waals surface area contributed by atoms with Crippen LogP contribution in [-0.2, 0) is 4.79 Å². The maximum atomic E-state index is 11.6. The lowest BCUT2D eigenvalue weighted by atomic mass is 9.90. The molecule has 1 aromatic heterocycles. The molecule has 2 atom stereocenters. The first-order valence-corrected chi connectivity index (χ1v) is 9.49. The predicted molar refractivity (Wildman–Crippen MR) is 107 cm³/mol. The molecule has 0 saturated carbocycles. The molecule has 1 aliphatic rings. The van der Waals surface area contributed by atoms with Crippen molar-refractivity contribution in [1.82, 2.24) is 9.88 Å². The number of carboxylic acids is 1. The number of rotatable bonds is 4. The van der Waals surface area contributed by atoms with E-state index < -0.39 is 5.97 Å². The highest BCUT2D eigenvalue weighted by atomic mass is 16.4. The number of hydrogen-bond acceptors (Lipinski definition) is 3. The van der Waals surface area contributed by atoms with Gasteiger partial charge in [0.2, 0.25) is 0 Å². The first-order chi connectivity index (χ1) is 13.1. The number of pyridine rings is 1. The summed E-state index contributed by atoms with van der Waals surface area (Å²) in [6.45, 7) is 3.59. The van der Waals surface area contributed by atoms with Crippen molar-refractivity contribution in [3.05, 3.63) is 77.6 Å². The third-order valence-electron chi connectivity index (χ3n) is 5.54. The molecule has 0 aliphatic carbocycles. The zero-order chi connectivity index (χ0) is 18.8. The number of carboxylic acid groups (broad SMARTS) is 1. The average Bonchev–Trinajstić information content (AvgIpc) is 2.70. The number of fused-ring (bicyclic) bond motifs is 1. The van der Waals surface area contributed by atoms with Gasteiger partial charge in [-0.05, 0) is 55.0 Å². The van der Waals surface area contributed by atoms with Crippen molar-refractivity contribution in [1.29, 1.82) is 0 Å². The average molecular weight is 360 g/mol. The first-order valence-electron chi connectivity index (χ1n) is 9.49. The molecule has 2 unspecified atom stereocenters. The topological polar surface area (TPSA) is 53.4 Å². The van der Waals surface area contributed by atoms with Crippen LogP contribution < -0.4 is 0 Å². The summed E-state index contributed by atoms with van der Waals surface area (Å²) in [6.07, 6.45) is 5.36. The van der Waals surface area contributed by atoms with Crippen LogP contribution in [0.4, 0.5) is 0 Å². The van der Waals surface area contributed by atoms with E-state index >= 15 is 0 Å². The van der Waals surface area contributed by atoms with Crippen LogP contribution >= 0.6 is 0 Å². The van der Waals surface area contributed by atoms with Crippen LogP contribution in [0.15, 0.2) is 60.9 Å². The van der Waals surface area contributed by atoms with Gasteiger partial charge in [-0.25, -0.2) is 0 Å². The third kappa shape index (κ3) is 3.71. The van der Waals surface area contributed by atoms with Crippen LogP contribution in [0.5, 0.6) is 0 Å². The van der Waals surface area contributed by atoms with Crippen molar-refractivity contribution in [3.63, 3.8) is 0 Å². The fourth-order valence-corrected chi connectivity index (χ4v) is 4.08. The van der Waals surface area contributed by atoms with Crippen LogP contribution in [0.25, 0.3) is 10.8 Å². The fraction of sp³-hybridized carbons (Fsp3) is 0.304. The number of hydrogen-bond donors (Lipinski definition) is 1. The maximum Gasteiger partial charge on any atom is 0.307 e. The van der Waals surface area contributed by atoms with E-state index in [1.165, 1.54) is 16.7 Å². The van der Waals surface area contributed by atoms with E-state index in [9.17, 15) is 9.90 Å². The van der Waals surface area contributed by atoms with Gasteiger partial charge < -0.3 is 5.11 Å². The summed E-state index contributed by atoms with van der Waals surface area (Å²) in [5.41, 5.74) is 3.63. The fourth-order valence-electron chi connectivity index (χ4n) is 4.08. The van der Waals surface area contributed by atoms with Crippen LogP contribution in [0, 0.1) is 12.8 Å². The molecule has 4 nitrogen and oxygen atoms in total. The van der Waals surface area contributed by atoms with E-state index in [2.05, 4.69) is 59.3 Å². The number of nitrogens with zero attached hydrogens (tertiary/aromatic N) is 2. The lowest BCUT2D eigenvalue weighted by Gasteiger charge is -2.37. The molecular weight excluding hydrogens is 336 g/mol. The number of carbonyl (C=O) groups is 1. The minimum Gasteiger partial charge on any atom is -0.481 e. The summed E-state index contributed by atoms with van der Waals surface area (Å²) >= 11 is 0. The second-order valence-electron chi connectivity index (χ2n) is 7.47. The Balaban J connectivity index is 1.77. The molecule has 1 aliphatic heterocycles. The van der Waals surface area contributed by atoms with Gasteiger partial charge in [0.1, 0.15) is 0 Å². The largest absolute Gasteiger partial charge is 0.481 e. The number of piperidine rings is 1. The van der Waals surface area contributed by atoms with Crippen molar-refractivity contribution in [3.8, 4) is 0 Å². The Hall–Kier alpha value is -2.72.